The molecule has 0 aromatic carbocycles. The van der Waals surface area contributed by atoms with Crippen molar-refractivity contribution in [1.29, 1.82) is 0 Å². The molecule has 0 aliphatic heterocycles. The molecule has 3 heterocycles. The average Bonchev–Trinajstić information content (AvgIpc) is 3.50. The van der Waals surface area contributed by atoms with E-state index in [4.69, 9.17) is 5.73 Å². The van der Waals surface area contributed by atoms with E-state index in [0.29, 0.717) is 11.4 Å². The highest BCUT2D eigenvalue weighted by Crippen LogP contribution is 2.26. The van der Waals surface area contributed by atoms with Gasteiger partial charge < -0.3 is 11.1 Å². The molecule has 1 aliphatic carbocycles. The molecule has 3 aromatic rings. The molecular formula is C22H23F2N7S. The van der Waals surface area contributed by atoms with Crippen LogP contribution in [-0.2, 0) is 0 Å². The number of aromatic amines is 1. The van der Waals surface area contributed by atoms with E-state index in [1.54, 1.807) is 18.6 Å². The first-order valence-electron chi connectivity index (χ1n) is 10.3. The van der Waals surface area contributed by atoms with E-state index in [1.165, 1.54) is 17.8 Å². The van der Waals surface area contributed by atoms with Gasteiger partial charge in [0.1, 0.15) is 10.7 Å². The zero-order valence-corrected chi connectivity index (χ0v) is 18.1. The molecular weight excluding hydrogens is 432 g/mol. The molecule has 1 aliphatic rings. The summed E-state index contributed by atoms with van der Waals surface area (Å²) in [5, 5.41) is 12.4. The lowest BCUT2D eigenvalue weighted by molar-refractivity contribution is 0.444. The van der Waals surface area contributed by atoms with Crippen LogP contribution in [-0.4, -0.2) is 32.4 Å². The van der Waals surface area contributed by atoms with Crippen LogP contribution in [0.15, 0.2) is 47.2 Å². The van der Waals surface area contributed by atoms with Crippen LogP contribution in [0.1, 0.15) is 43.5 Å². The molecule has 0 bridgehead atoms. The molecule has 3 aromatic heterocycles. The molecule has 0 radical (unpaired) electrons. The topological polar surface area (TPSA) is 105 Å². The Morgan fingerprint density at radius 1 is 1.25 bits per heavy atom. The van der Waals surface area contributed by atoms with Crippen LogP contribution in [0.2, 0.25) is 0 Å². The van der Waals surface area contributed by atoms with Gasteiger partial charge in [0.25, 0.3) is 0 Å². The lowest BCUT2D eigenvalue weighted by atomic mass is 9.96. The summed E-state index contributed by atoms with van der Waals surface area (Å²) >= 11 is 1.43. The monoisotopic (exact) mass is 455 g/mol. The molecule has 1 fully saturated rings. The van der Waals surface area contributed by atoms with Crippen molar-refractivity contribution in [3.8, 4) is 10.6 Å². The lowest BCUT2D eigenvalue weighted by Gasteiger charge is -2.18. The van der Waals surface area contributed by atoms with Crippen molar-refractivity contribution in [3.63, 3.8) is 0 Å². The molecule has 4 N–H and O–H groups in total. The predicted molar refractivity (Wildman–Crippen MR) is 122 cm³/mol. The summed E-state index contributed by atoms with van der Waals surface area (Å²) in [5.74, 6) is -1.55. The van der Waals surface area contributed by atoms with Crippen LogP contribution < -0.4 is 11.1 Å². The Hall–Kier alpha value is -3.40. The molecule has 7 nitrogen and oxygen atoms in total. The molecule has 0 atom stereocenters. The van der Waals surface area contributed by atoms with Gasteiger partial charge in [-0.1, -0.05) is 25.8 Å². The van der Waals surface area contributed by atoms with E-state index >= 15 is 0 Å². The van der Waals surface area contributed by atoms with Crippen LogP contribution in [0.4, 0.5) is 8.78 Å². The second-order valence-corrected chi connectivity index (χ2v) is 8.35. The Bertz CT molecular complexity index is 1150. The second kappa shape index (κ2) is 9.82. The van der Waals surface area contributed by atoms with Crippen molar-refractivity contribution >= 4 is 28.9 Å². The van der Waals surface area contributed by atoms with Crippen LogP contribution in [0.3, 0.4) is 0 Å². The van der Waals surface area contributed by atoms with Crippen molar-refractivity contribution in [2.45, 2.75) is 38.1 Å². The maximum Gasteiger partial charge on any atom is 0.213 e. The van der Waals surface area contributed by atoms with Gasteiger partial charge in [-0.15, -0.1) is 11.3 Å². The standard InChI is InChI=1S/C22H23F2N7S/c1-13(18-12-32-22(30-18)14-9-27-28-10-14)29-17(11-26-15-5-3-2-4-6-15)20(25)21-16(23)7-8-19(24)31-21/h7-12,15,29H,1-6,25H2,(H,27,28). The number of rotatable bonds is 7. The van der Waals surface area contributed by atoms with Gasteiger partial charge in [-0.05, 0) is 25.0 Å². The number of hydrogen-bond acceptors (Lipinski definition) is 7. The first kappa shape index (κ1) is 21.8. The number of pyridine rings is 1. The van der Waals surface area contributed by atoms with E-state index in [2.05, 4.69) is 37.1 Å². The number of aliphatic imine (C=N–C) groups is 1. The van der Waals surface area contributed by atoms with Crippen LogP contribution in [0.25, 0.3) is 22.0 Å². The number of allylic oxidation sites excluding steroid dienone is 1. The van der Waals surface area contributed by atoms with Gasteiger partial charge in [-0.3, -0.25) is 10.1 Å². The van der Waals surface area contributed by atoms with Gasteiger partial charge in [0.05, 0.1) is 35.0 Å². The molecule has 166 valence electrons. The third-order valence-corrected chi connectivity index (χ3v) is 6.08. The number of aromatic nitrogens is 4. The van der Waals surface area contributed by atoms with Gasteiger partial charge in [0.15, 0.2) is 5.82 Å². The smallest absolute Gasteiger partial charge is 0.213 e. The third kappa shape index (κ3) is 5.08. The van der Waals surface area contributed by atoms with Gasteiger partial charge in [0, 0.05) is 23.4 Å². The Morgan fingerprint density at radius 3 is 2.81 bits per heavy atom. The minimum atomic E-state index is -0.823. The minimum Gasteiger partial charge on any atom is -0.395 e. The molecule has 0 spiro atoms. The summed E-state index contributed by atoms with van der Waals surface area (Å²) in [6.07, 6.45) is 10.4. The van der Waals surface area contributed by atoms with Crippen LogP contribution in [0.5, 0.6) is 0 Å². The van der Waals surface area contributed by atoms with Gasteiger partial charge in [-0.2, -0.15) is 9.49 Å². The first-order chi connectivity index (χ1) is 15.5. The molecule has 0 saturated heterocycles. The van der Waals surface area contributed by atoms with Gasteiger partial charge >= 0.3 is 0 Å². The highest BCUT2D eigenvalue weighted by molar-refractivity contribution is 7.13. The van der Waals surface area contributed by atoms with Crippen molar-refractivity contribution in [2.24, 2.45) is 10.7 Å². The number of nitrogens with two attached hydrogens (primary N) is 1. The molecule has 10 heteroatoms. The summed E-state index contributed by atoms with van der Waals surface area (Å²) in [4.78, 5) is 12.8. The zero-order valence-electron chi connectivity index (χ0n) is 17.3. The molecule has 32 heavy (non-hydrogen) atoms. The summed E-state index contributed by atoms with van der Waals surface area (Å²) in [6, 6.07) is 2.10. The number of thiazole rings is 1. The number of hydrogen-bond donors (Lipinski definition) is 3. The average molecular weight is 456 g/mol. The van der Waals surface area contributed by atoms with E-state index in [-0.39, 0.29) is 23.1 Å². The Morgan fingerprint density at radius 2 is 2.06 bits per heavy atom. The maximum atomic E-state index is 14.3. The summed E-state index contributed by atoms with van der Waals surface area (Å²) in [6.45, 7) is 4.04. The highest BCUT2D eigenvalue weighted by atomic mass is 32.1. The Labute approximate surface area is 188 Å². The number of nitrogens with one attached hydrogen (secondary N) is 2. The van der Waals surface area contributed by atoms with E-state index in [0.717, 1.165) is 48.4 Å². The quantitative estimate of drug-likeness (QED) is 0.359. The van der Waals surface area contributed by atoms with Crippen molar-refractivity contribution in [3.05, 3.63) is 65.3 Å². The van der Waals surface area contributed by atoms with Crippen molar-refractivity contribution in [1.82, 2.24) is 25.5 Å². The van der Waals surface area contributed by atoms with Crippen LogP contribution in [0, 0.1) is 11.8 Å². The Balaban J connectivity index is 1.63. The Kier molecular flexibility index (Phi) is 6.69. The summed E-state index contributed by atoms with van der Waals surface area (Å²) in [7, 11) is 0. The fourth-order valence-electron chi connectivity index (χ4n) is 3.45. The SMILES string of the molecule is C=C(NC(C=NC1CCCCC1)=C(N)c1nc(F)ccc1F)c1csc(-c2cn[nH]c2)n1. The molecule has 0 amide bonds. The fraction of sp³-hybridized carbons (Fsp3) is 0.273. The minimum absolute atomic E-state index is 0.0620. The lowest BCUT2D eigenvalue weighted by Crippen LogP contribution is -2.20. The number of nitrogens with zero attached hydrogens (tertiary/aromatic N) is 4. The normalized spacial score (nSPS) is 15.7. The van der Waals surface area contributed by atoms with E-state index in [9.17, 15) is 8.78 Å². The molecule has 4 rings (SSSR count). The number of H-pyrrole nitrogens is 1. The molecule has 1 saturated carbocycles. The predicted octanol–water partition coefficient (Wildman–Crippen LogP) is 4.50. The van der Waals surface area contributed by atoms with Gasteiger partial charge in [0.2, 0.25) is 5.95 Å². The number of halogens is 2. The summed E-state index contributed by atoms with van der Waals surface area (Å²) < 4.78 is 28.0. The largest absolute Gasteiger partial charge is 0.395 e. The summed E-state index contributed by atoms with van der Waals surface area (Å²) in [5.41, 5.74) is 8.05. The van der Waals surface area contributed by atoms with Crippen molar-refractivity contribution < 1.29 is 8.78 Å². The van der Waals surface area contributed by atoms with E-state index < -0.39 is 11.8 Å². The zero-order chi connectivity index (χ0) is 22.5. The fourth-order valence-corrected chi connectivity index (χ4v) is 4.27. The highest BCUT2D eigenvalue weighted by Gasteiger charge is 2.17. The van der Waals surface area contributed by atoms with Crippen molar-refractivity contribution in [2.75, 3.05) is 0 Å². The second-order valence-electron chi connectivity index (χ2n) is 7.49. The van der Waals surface area contributed by atoms with Gasteiger partial charge in [-0.25, -0.2) is 14.4 Å². The maximum absolute atomic E-state index is 14.3. The third-order valence-electron chi connectivity index (χ3n) is 5.19. The molecule has 0 unspecified atom stereocenters. The van der Waals surface area contributed by atoms with Crippen LogP contribution >= 0.6 is 11.3 Å². The first-order valence-corrected chi connectivity index (χ1v) is 11.2. The van der Waals surface area contributed by atoms with E-state index in [1.807, 2.05) is 5.38 Å².